The molecule has 1 aliphatic rings. The highest BCUT2D eigenvalue weighted by Crippen LogP contribution is 2.36. The zero-order chi connectivity index (χ0) is 15.4. The lowest BCUT2D eigenvalue weighted by Crippen LogP contribution is -2.28. The van der Waals surface area contributed by atoms with E-state index in [0.717, 1.165) is 24.6 Å². The van der Waals surface area contributed by atoms with E-state index >= 15 is 0 Å². The SMILES string of the molecule is CCCCN1Cc2ccc(Oc3ccccc3)cc2C1CN. The molecule has 0 amide bonds. The molecule has 0 spiro atoms. The molecule has 116 valence electrons. The van der Waals surface area contributed by atoms with Gasteiger partial charge in [-0.1, -0.05) is 37.6 Å². The Morgan fingerprint density at radius 1 is 1.14 bits per heavy atom. The number of hydrogen-bond acceptors (Lipinski definition) is 3. The molecular formula is C19H24N2O. The molecule has 3 heteroatoms. The van der Waals surface area contributed by atoms with Gasteiger partial charge in [-0.3, -0.25) is 4.90 Å². The number of ether oxygens (including phenoxy) is 1. The maximum Gasteiger partial charge on any atom is 0.127 e. The molecule has 0 saturated heterocycles. The van der Waals surface area contributed by atoms with Crippen LogP contribution in [0.5, 0.6) is 11.5 Å². The molecular weight excluding hydrogens is 272 g/mol. The van der Waals surface area contributed by atoms with Crippen LogP contribution >= 0.6 is 0 Å². The van der Waals surface area contributed by atoms with Crippen LogP contribution in [-0.4, -0.2) is 18.0 Å². The number of nitrogens with zero attached hydrogens (tertiary/aromatic N) is 1. The molecule has 2 aromatic carbocycles. The van der Waals surface area contributed by atoms with Gasteiger partial charge in [0, 0.05) is 19.1 Å². The van der Waals surface area contributed by atoms with Crippen molar-refractivity contribution in [2.75, 3.05) is 13.1 Å². The van der Waals surface area contributed by atoms with Gasteiger partial charge < -0.3 is 10.5 Å². The van der Waals surface area contributed by atoms with Crippen LogP contribution in [0.1, 0.15) is 36.9 Å². The number of hydrogen-bond donors (Lipinski definition) is 1. The third kappa shape index (κ3) is 3.16. The Kier molecular flexibility index (Phi) is 4.76. The zero-order valence-corrected chi connectivity index (χ0v) is 13.2. The molecule has 1 atom stereocenters. The average Bonchev–Trinajstić information content (AvgIpc) is 2.90. The van der Waals surface area contributed by atoms with Crippen LogP contribution in [0.25, 0.3) is 0 Å². The lowest BCUT2D eigenvalue weighted by molar-refractivity contribution is 0.216. The van der Waals surface area contributed by atoms with Gasteiger partial charge in [-0.05, 0) is 48.4 Å². The Bertz CT molecular complexity index is 612. The Hall–Kier alpha value is -1.84. The zero-order valence-electron chi connectivity index (χ0n) is 13.2. The summed E-state index contributed by atoms with van der Waals surface area (Å²) in [7, 11) is 0. The Morgan fingerprint density at radius 2 is 1.95 bits per heavy atom. The third-order valence-electron chi connectivity index (χ3n) is 4.29. The summed E-state index contributed by atoms with van der Waals surface area (Å²) < 4.78 is 5.95. The van der Waals surface area contributed by atoms with Gasteiger partial charge in [-0.15, -0.1) is 0 Å². The van der Waals surface area contributed by atoms with Gasteiger partial charge in [0.1, 0.15) is 11.5 Å². The fourth-order valence-corrected chi connectivity index (χ4v) is 3.11. The first-order chi connectivity index (χ1) is 10.8. The summed E-state index contributed by atoms with van der Waals surface area (Å²) in [5.74, 6) is 1.76. The minimum absolute atomic E-state index is 0.320. The van der Waals surface area contributed by atoms with Crippen molar-refractivity contribution in [2.45, 2.75) is 32.4 Å². The van der Waals surface area contributed by atoms with Crippen LogP contribution in [-0.2, 0) is 6.54 Å². The van der Waals surface area contributed by atoms with E-state index in [1.807, 2.05) is 30.3 Å². The first-order valence-electron chi connectivity index (χ1n) is 8.11. The molecule has 0 aliphatic carbocycles. The highest BCUT2D eigenvalue weighted by Gasteiger charge is 2.28. The summed E-state index contributed by atoms with van der Waals surface area (Å²) in [4.78, 5) is 2.49. The molecule has 2 N–H and O–H groups in total. The van der Waals surface area contributed by atoms with Crippen LogP contribution in [0.3, 0.4) is 0 Å². The smallest absolute Gasteiger partial charge is 0.127 e. The van der Waals surface area contributed by atoms with E-state index in [4.69, 9.17) is 10.5 Å². The Labute approximate surface area is 132 Å². The van der Waals surface area contributed by atoms with Gasteiger partial charge >= 0.3 is 0 Å². The first-order valence-corrected chi connectivity index (χ1v) is 8.11. The quantitative estimate of drug-likeness (QED) is 0.872. The number of fused-ring (bicyclic) bond motifs is 1. The largest absolute Gasteiger partial charge is 0.457 e. The molecule has 0 radical (unpaired) electrons. The van der Waals surface area contributed by atoms with Crippen molar-refractivity contribution in [1.29, 1.82) is 0 Å². The molecule has 1 aliphatic heterocycles. The first kappa shape index (κ1) is 15.1. The normalized spacial score (nSPS) is 17.5. The molecule has 1 heterocycles. The van der Waals surface area contributed by atoms with Gasteiger partial charge in [0.2, 0.25) is 0 Å². The van der Waals surface area contributed by atoms with Crippen LogP contribution in [0, 0.1) is 0 Å². The Balaban J connectivity index is 1.79. The maximum absolute atomic E-state index is 6.03. The van der Waals surface area contributed by atoms with E-state index in [0.29, 0.717) is 12.6 Å². The van der Waals surface area contributed by atoms with E-state index in [1.54, 1.807) is 0 Å². The summed E-state index contributed by atoms with van der Waals surface area (Å²) in [6, 6.07) is 16.6. The fourth-order valence-electron chi connectivity index (χ4n) is 3.11. The number of para-hydroxylation sites is 1. The fraction of sp³-hybridized carbons (Fsp3) is 0.368. The van der Waals surface area contributed by atoms with Crippen molar-refractivity contribution in [3.05, 3.63) is 59.7 Å². The van der Waals surface area contributed by atoms with Crippen LogP contribution < -0.4 is 10.5 Å². The van der Waals surface area contributed by atoms with Crippen molar-refractivity contribution in [3.8, 4) is 11.5 Å². The monoisotopic (exact) mass is 296 g/mol. The molecule has 0 saturated carbocycles. The standard InChI is InChI=1S/C19H24N2O/c1-2-3-11-21-14-15-9-10-17(12-18(15)19(21)13-20)22-16-7-5-4-6-8-16/h4-10,12,19H,2-3,11,13-14,20H2,1H3. The highest BCUT2D eigenvalue weighted by molar-refractivity contribution is 5.42. The van der Waals surface area contributed by atoms with E-state index in [1.165, 1.54) is 24.0 Å². The van der Waals surface area contributed by atoms with Crippen molar-refractivity contribution >= 4 is 0 Å². The van der Waals surface area contributed by atoms with Crippen LogP contribution in [0.4, 0.5) is 0 Å². The number of benzene rings is 2. The van der Waals surface area contributed by atoms with E-state index in [9.17, 15) is 0 Å². The average molecular weight is 296 g/mol. The van der Waals surface area contributed by atoms with E-state index in [2.05, 4.69) is 30.0 Å². The molecule has 2 aromatic rings. The summed E-state index contributed by atoms with van der Waals surface area (Å²) >= 11 is 0. The van der Waals surface area contributed by atoms with Gasteiger partial charge in [0.15, 0.2) is 0 Å². The van der Waals surface area contributed by atoms with Crippen LogP contribution in [0.15, 0.2) is 48.5 Å². The molecule has 0 aromatic heterocycles. The molecule has 22 heavy (non-hydrogen) atoms. The molecule has 0 bridgehead atoms. The van der Waals surface area contributed by atoms with Crippen molar-refractivity contribution in [1.82, 2.24) is 4.90 Å². The summed E-state index contributed by atoms with van der Waals surface area (Å²) in [5.41, 5.74) is 8.74. The van der Waals surface area contributed by atoms with E-state index in [-0.39, 0.29) is 0 Å². The Morgan fingerprint density at radius 3 is 2.68 bits per heavy atom. The second-order valence-corrected chi connectivity index (χ2v) is 5.85. The number of unbranched alkanes of at least 4 members (excludes halogenated alkanes) is 1. The second-order valence-electron chi connectivity index (χ2n) is 5.85. The molecule has 3 rings (SSSR count). The summed E-state index contributed by atoms with van der Waals surface area (Å²) in [5, 5.41) is 0. The predicted molar refractivity (Wildman–Crippen MR) is 90.1 cm³/mol. The van der Waals surface area contributed by atoms with Gasteiger partial charge in [0.25, 0.3) is 0 Å². The van der Waals surface area contributed by atoms with Gasteiger partial charge in [-0.2, -0.15) is 0 Å². The maximum atomic E-state index is 6.03. The minimum Gasteiger partial charge on any atom is -0.457 e. The predicted octanol–water partition coefficient (Wildman–Crippen LogP) is 4.09. The van der Waals surface area contributed by atoms with Crippen molar-refractivity contribution in [2.24, 2.45) is 5.73 Å². The topological polar surface area (TPSA) is 38.5 Å². The minimum atomic E-state index is 0.320. The third-order valence-corrected chi connectivity index (χ3v) is 4.29. The number of nitrogens with two attached hydrogens (primary N) is 1. The van der Waals surface area contributed by atoms with E-state index < -0.39 is 0 Å². The molecule has 3 nitrogen and oxygen atoms in total. The lowest BCUT2D eigenvalue weighted by Gasteiger charge is -2.23. The highest BCUT2D eigenvalue weighted by atomic mass is 16.5. The van der Waals surface area contributed by atoms with Gasteiger partial charge in [-0.25, -0.2) is 0 Å². The molecule has 1 unspecified atom stereocenters. The summed E-state index contributed by atoms with van der Waals surface area (Å²) in [6.07, 6.45) is 2.43. The second kappa shape index (κ2) is 6.95. The van der Waals surface area contributed by atoms with Gasteiger partial charge in [0.05, 0.1) is 0 Å². The summed E-state index contributed by atoms with van der Waals surface area (Å²) in [6.45, 7) is 5.00. The lowest BCUT2D eigenvalue weighted by atomic mass is 10.0. The van der Waals surface area contributed by atoms with Crippen LogP contribution in [0.2, 0.25) is 0 Å². The number of rotatable bonds is 6. The van der Waals surface area contributed by atoms with Crippen molar-refractivity contribution < 1.29 is 4.74 Å². The van der Waals surface area contributed by atoms with Crippen molar-refractivity contribution in [3.63, 3.8) is 0 Å². The molecule has 0 fully saturated rings.